The molecule has 418 valence electrons. The first-order valence-electron chi connectivity index (χ1n) is 29.7. The minimum absolute atomic E-state index is 0.0498. The molecule has 12 heteroatoms. The third kappa shape index (κ3) is 9.59. The van der Waals surface area contributed by atoms with E-state index >= 15 is 17.6 Å². The molecule has 0 saturated heterocycles. The number of rotatable bonds is 14. The Labute approximate surface area is 443 Å². The van der Waals surface area contributed by atoms with Gasteiger partial charge >= 0.3 is 0 Å². The van der Waals surface area contributed by atoms with Crippen molar-refractivity contribution in [1.29, 1.82) is 0 Å². The molecule has 74 heavy (non-hydrogen) atoms. The van der Waals surface area contributed by atoms with Gasteiger partial charge in [0.25, 0.3) is 11.8 Å². The van der Waals surface area contributed by atoms with Crippen molar-refractivity contribution < 1.29 is 45.8 Å². The molecule has 0 aromatic heterocycles. The molecule has 8 unspecified atom stereocenters. The molecule has 8 fully saturated rings. The molecule has 0 aliphatic heterocycles. The van der Waals surface area contributed by atoms with Crippen LogP contribution in [0.25, 0.3) is 0 Å². The first-order chi connectivity index (χ1) is 34.7. The Kier molecular flexibility index (Phi) is 16.8. The second kappa shape index (κ2) is 21.5. The van der Waals surface area contributed by atoms with Gasteiger partial charge in [0.2, 0.25) is 6.08 Å². The number of alkyl halides is 4. The van der Waals surface area contributed by atoms with Gasteiger partial charge in [0.1, 0.15) is 11.5 Å². The van der Waals surface area contributed by atoms with Crippen LogP contribution in [0, 0.1) is 116 Å². The van der Waals surface area contributed by atoms with Crippen LogP contribution >= 0.6 is 0 Å². The Morgan fingerprint density at radius 2 is 1.08 bits per heavy atom. The fraction of sp³-hybridized carbons (Fsp3) is 0.871. The number of isocyanates is 1. The molecule has 1 aromatic rings. The molecule has 0 spiro atoms. The number of halogens is 4. The molecule has 0 bridgehead atoms. The average molecular weight is 1060 g/mol. The van der Waals surface area contributed by atoms with Gasteiger partial charge in [-0.25, -0.2) is 35.8 Å². The minimum Gasteiger partial charge on any atom is -0.393 e. The van der Waals surface area contributed by atoms with E-state index in [1.165, 1.54) is 12.1 Å². The standard InChI is InChI=1S/C35H52F2O4S.C27H43F2NO2/c1-6-26-31(39)30-28-16-15-27(22(2)11-10-12-24(38)21-42(40,41)25-13-8-7-9-14-25)33(28,4)20-18-29(30)34(5)19-17-23(3)35(36,37)32(26)34;1-6-18-23(32)22-20-8-7-19(16(2)11-14-30-15-31)25(20,4)13-10-21(22)26(5)12-9-17(3)27(28,29)24(18)26/h7-9,13-14,22-23,26-32,39H,6,10-12,15-21H2,1-5H3;16-24,32H,6-14H2,1-5H3/t22-,23-,26+,27?,28?,29?,30?,31-,32+,33-,34-;16-,17-,18+,19?,20?,21?,22?,23-,24+,25-,26-/m11/s1. The summed E-state index contributed by atoms with van der Waals surface area (Å²) in [5, 5.41) is 23.6. The maximum absolute atomic E-state index is 15.8. The van der Waals surface area contributed by atoms with Crippen LogP contribution in [0.5, 0.6) is 0 Å². The van der Waals surface area contributed by atoms with Crippen molar-refractivity contribution in [2.24, 2.45) is 121 Å². The smallest absolute Gasteiger partial charge is 0.254 e. The Balaban J connectivity index is 0.000000204. The number of aliphatic hydroxyl groups excluding tert-OH is 2. The molecule has 8 saturated carbocycles. The van der Waals surface area contributed by atoms with Gasteiger partial charge in [0.15, 0.2) is 9.84 Å². The van der Waals surface area contributed by atoms with Crippen LogP contribution in [-0.4, -0.2) is 66.8 Å². The molecule has 0 radical (unpaired) electrons. The lowest BCUT2D eigenvalue weighted by molar-refractivity contribution is -0.273. The Hall–Kier alpha value is -2.14. The lowest BCUT2D eigenvalue weighted by Crippen LogP contribution is -2.66. The van der Waals surface area contributed by atoms with E-state index in [-0.39, 0.29) is 68.9 Å². The van der Waals surface area contributed by atoms with Crippen molar-refractivity contribution in [3.63, 3.8) is 0 Å². The van der Waals surface area contributed by atoms with Gasteiger partial charge in [-0.15, -0.1) is 0 Å². The van der Waals surface area contributed by atoms with Gasteiger partial charge in [-0.1, -0.05) is 107 Å². The molecule has 7 nitrogen and oxygen atoms in total. The summed E-state index contributed by atoms with van der Waals surface area (Å²) in [7, 11) is -3.62. The summed E-state index contributed by atoms with van der Waals surface area (Å²) in [4.78, 5) is 27.1. The van der Waals surface area contributed by atoms with Crippen molar-refractivity contribution in [2.45, 2.75) is 214 Å². The van der Waals surface area contributed by atoms with E-state index in [1.807, 2.05) is 13.8 Å². The average Bonchev–Trinajstić information content (AvgIpc) is 3.90. The molecule has 8 aliphatic carbocycles. The zero-order valence-corrected chi connectivity index (χ0v) is 47.6. The quantitative estimate of drug-likeness (QED) is 0.109. The number of benzene rings is 1. The van der Waals surface area contributed by atoms with Gasteiger partial charge in [0.05, 0.1) is 23.6 Å². The Morgan fingerprint density at radius 3 is 1.51 bits per heavy atom. The molecule has 2 N–H and O–H groups in total. The molecule has 0 amide bonds. The number of nitrogens with zero attached hydrogens (tertiary/aromatic N) is 1. The summed E-state index contributed by atoms with van der Waals surface area (Å²) >= 11 is 0. The monoisotopic (exact) mass is 1060 g/mol. The number of fused-ring (bicyclic) bond motifs is 10. The van der Waals surface area contributed by atoms with E-state index in [0.29, 0.717) is 74.2 Å². The predicted octanol–water partition coefficient (Wildman–Crippen LogP) is 14.5. The summed E-state index contributed by atoms with van der Waals surface area (Å²) in [6.45, 7) is 21.5. The third-order valence-electron chi connectivity index (χ3n) is 24.5. The van der Waals surface area contributed by atoms with Gasteiger partial charge in [-0.3, -0.25) is 4.79 Å². The molecular weight excluding hydrogens is 963 g/mol. The zero-order chi connectivity index (χ0) is 54.1. The van der Waals surface area contributed by atoms with Crippen LogP contribution in [-0.2, 0) is 19.4 Å². The number of hydrogen-bond acceptors (Lipinski definition) is 7. The molecule has 1 aromatic carbocycles. The highest BCUT2D eigenvalue weighted by atomic mass is 32.2. The van der Waals surface area contributed by atoms with Crippen LogP contribution in [0.1, 0.15) is 185 Å². The maximum Gasteiger partial charge on any atom is 0.254 e. The lowest BCUT2D eigenvalue weighted by Gasteiger charge is -2.66. The molecular formula is C62H95F4NO6S. The Bertz CT molecular complexity index is 2290. The largest absolute Gasteiger partial charge is 0.393 e. The summed E-state index contributed by atoms with van der Waals surface area (Å²) in [6.07, 6.45) is 15.3. The van der Waals surface area contributed by atoms with Gasteiger partial charge in [-0.05, 0) is 195 Å². The van der Waals surface area contributed by atoms with Crippen LogP contribution in [0.4, 0.5) is 17.6 Å². The SMILES string of the molecule is CC[C@@H]1[C@@H]2C(F)(F)[C@H](C)CC[C@]2(C)C2CC[C@@]3(C)C(CCC3[C@H](C)CCCC(=O)CS(=O)(=O)c3ccccc3)C2[C@@H]1O.CC[C@@H]1[C@@H]2C(F)(F)[C@H](C)CC[C@]2(C)C2CC[C@@]3(C)C(CCC3[C@H](C)CCN=C=O)C2[C@@H]1O. The van der Waals surface area contributed by atoms with Crippen LogP contribution < -0.4 is 0 Å². The van der Waals surface area contributed by atoms with E-state index in [1.54, 1.807) is 38.1 Å². The molecule has 8 aliphatic rings. The summed E-state index contributed by atoms with van der Waals surface area (Å²) in [5.74, 6) is -6.42. The van der Waals surface area contributed by atoms with Crippen molar-refractivity contribution in [3.8, 4) is 0 Å². The normalized spacial score (nSPS) is 45.6. The Morgan fingerprint density at radius 1 is 0.662 bits per heavy atom. The number of ketones is 1. The summed E-state index contributed by atoms with van der Waals surface area (Å²) < 4.78 is 88.2. The van der Waals surface area contributed by atoms with Gasteiger partial charge in [-0.2, -0.15) is 0 Å². The van der Waals surface area contributed by atoms with Crippen molar-refractivity contribution in [2.75, 3.05) is 12.3 Å². The fourth-order valence-electron chi connectivity index (χ4n) is 20.7. The van der Waals surface area contributed by atoms with E-state index in [4.69, 9.17) is 0 Å². The number of sulfone groups is 1. The lowest BCUT2D eigenvalue weighted by atomic mass is 9.40. The first-order valence-corrected chi connectivity index (χ1v) is 31.3. The second-order valence-corrected chi connectivity index (χ2v) is 29.6. The second-order valence-electron chi connectivity index (χ2n) is 27.6. The summed E-state index contributed by atoms with van der Waals surface area (Å²) in [6, 6.07) is 8.15. The molecule has 22 atom stereocenters. The van der Waals surface area contributed by atoms with Crippen LogP contribution in [0.3, 0.4) is 0 Å². The number of aliphatic hydroxyl groups is 2. The summed E-state index contributed by atoms with van der Waals surface area (Å²) in [5.41, 5.74) is -0.636. The number of hydrogen-bond donors (Lipinski definition) is 2. The zero-order valence-electron chi connectivity index (χ0n) is 46.8. The van der Waals surface area contributed by atoms with E-state index in [9.17, 15) is 28.2 Å². The topological polar surface area (TPSA) is 121 Å². The van der Waals surface area contributed by atoms with Crippen LogP contribution in [0.15, 0.2) is 40.2 Å². The maximum atomic E-state index is 15.8. The van der Waals surface area contributed by atoms with Gasteiger partial charge < -0.3 is 10.2 Å². The van der Waals surface area contributed by atoms with Crippen LogP contribution in [0.2, 0.25) is 0 Å². The first kappa shape index (κ1) is 58.0. The molecule has 0 heterocycles. The van der Waals surface area contributed by atoms with E-state index in [2.05, 4.69) is 46.5 Å². The van der Waals surface area contributed by atoms with E-state index < -0.39 is 68.7 Å². The number of aliphatic imine (C=N–C) groups is 1. The highest BCUT2D eigenvalue weighted by Gasteiger charge is 2.72. The highest BCUT2D eigenvalue weighted by molar-refractivity contribution is 7.92. The highest BCUT2D eigenvalue weighted by Crippen LogP contribution is 2.74. The predicted molar refractivity (Wildman–Crippen MR) is 284 cm³/mol. The number of carbonyl (C=O) groups excluding carboxylic acids is 2. The number of carbonyl (C=O) groups is 1. The van der Waals surface area contributed by atoms with Crippen molar-refractivity contribution in [1.82, 2.24) is 0 Å². The molecule has 9 rings (SSSR count). The fourth-order valence-corrected chi connectivity index (χ4v) is 22.0. The van der Waals surface area contributed by atoms with Crippen molar-refractivity contribution in [3.05, 3.63) is 30.3 Å². The number of Topliss-reactive ketones (excluding diaryl/α,β-unsaturated/α-hetero) is 1. The van der Waals surface area contributed by atoms with Crippen molar-refractivity contribution >= 4 is 21.7 Å². The minimum atomic E-state index is -3.62. The third-order valence-corrected chi connectivity index (χ3v) is 26.2. The van der Waals surface area contributed by atoms with E-state index in [0.717, 1.165) is 77.0 Å². The van der Waals surface area contributed by atoms with Gasteiger partial charge in [0, 0.05) is 30.1 Å².